The number of nitrogens with zero attached hydrogens (tertiary/aromatic N) is 3. The smallest absolute Gasteiger partial charge is 0.263 e. The standard InChI is InChI=1S/C21H33N3OS/c1-17(22-10-2-3-11-22)18-6-12-23(13-7-18)19-8-14-24(15-9-19)21(25)20-5-4-16-26-20/h4-5,16-19H,2-3,6-15H2,1H3/t17-/m0/s1. The van der Waals surface area contributed by atoms with Crippen LogP contribution in [0.15, 0.2) is 17.5 Å². The lowest BCUT2D eigenvalue weighted by atomic mass is 9.88. The molecule has 1 aromatic heterocycles. The molecule has 1 aromatic rings. The molecule has 0 radical (unpaired) electrons. The van der Waals surface area contributed by atoms with E-state index in [4.69, 9.17) is 0 Å². The van der Waals surface area contributed by atoms with Gasteiger partial charge < -0.3 is 14.7 Å². The van der Waals surface area contributed by atoms with Gasteiger partial charge in [0, 0.05) is 25.2 Å². The lowest BCUT2D eigenvalue weighted by Crippen LogP contribution is -2.50. The molecule has 0 bridgehead atoms. The summed E-state index contributed by atoms with van der Waals surface area (Å²) in [6.45, 7) is 9.45. The molecule has 0 unspecified atom stereocenters. The minimum atomic E-state index is 0.233. The number of hydrogen-bond acceptors (Lipinski definition) is 4. The summed E-state index contributed by atoms with van der Waals surface area (Å²) in [5, 5.41) is 1.99. The first-order chi connectivity index (χ1) is 12.7. The predicted molar refractivity (Wildman–Crippen MR) is 108 cm³/mol. The van der Waals surface area contributed by atoms with Crippen molar-refractivity contribution in [3.8, 4) is 0 Å². The normalized spacial score (nSPS) is 25.7. The van der Waals surface area contributed by atoms with Gasteiger partial charge in [-0.05, 0) is 89.0 Å². The molecule has 3 fully saturated rings. The highest BCUT2D eigenvalue weighted by atomic mass is 32.1. The monoisotopic (exact) mass is 375 g/mol. The Bertz CT molecular complexity index is 568. The first-order valence-corrected chi connectivity index (χ1v) is 11.4. The lowest BCUT2D eigenvalue weighted by molar-refractivity contribution is 0.0471. The van der Waals surface area contributed by atoms with Crippen molar-refractivity contribution < 1.29 is 4.79 Å². The molecule has 26 heavy (non-hydrogen) atoms. The second kappa shape index (κ2) is 8.41. The molecule has 0 aliphatic carbocycles. The average Bonchev–Trinajstić information content (AvgIpc) is 3.41. The van der Waals surface area contributed by atoms with E-state index in [1.807, 2.05) is 17.5 Å². The molecule has 4 nitrogen and oxygen atoms in total. The molecule has 1 amide bonds. The van der Waals surface area contributed by atoms with Gasteiger partial charge in [0.25, 0.3) is 5.91 Å². The third-order valence-corrected chi connectivity index (χ3v) is 7.83. The molecular formula is C21H33N3OS. The van der Waals surface area contributed by atoms with E-state index >= 15 is 0 Å². The summed E-state index contributed by atoms with van der Waals surface area (Å²) < 4.78 is 0. The summed E-state index contributed by atoms with van der Waals surface area (Å²) in [6, 6.07) is 5.37. The Kier molecular flexibility index (Phi) is 5.97. The van der Waals surface area contributed by atoms with Crippen molar-refractivity contribution in [1.29, 1.82) is 0 Å². The minimum Gasteiger partial charge on any atom is -0.338 e. The molecule has 4 heterocycles. The molecule has 0 N–H and O–H groups in total. The molecule has 3 saturated heterocycles. The Morgan fingerprint density at radius 1 is 1.04 bits per heavy atom. The van der Waals surface area contributed by atoms with E-state index < -0.39 is 0 Å². The Morgan fingerprint density at radius 2 is 1.73 bits per heavy atom. The molecule has 1 atom stereocenters. The molecule has 0 aromatic carbocycles. The molecular weight excluding hydrogens is 342 g/mol. The Labute approximate surface area is 162 Å². The first kappa shape index (κ1) is 18.5. The van der Waals surface area contributed by atoms with Crippen LogP contribution in [0.4, 0.5) is 0 Å². The van der Waals surface area contributed by atoms with Gasteiger partial charge in [-0.1, -0.05) is 6.07 Å². The van der Waals surface area contributed by atoms with Crippen molar-refractivity contribution in [3.05, 3.63) is 22.4 Å². The fourth-order valence-electron chi connectivity index (χ4n) is 5.20. The van der Waals surface area contributed by atoms with E-state index in [1.165, 1.54) is 51.9 Å². The van der Waals surface area contributed by atoms with Crippen LogP contribution in [-0.4, -0.2) is 72.0 Å². The molecule has 0 saturated carbocycles. The summed E-state index contributed by atoms with van der Waals surface area (Å²) in [4.78, 5) is 20.9. The van der Waals surface area contributed by atoms with Crippen molar-refractivity contribution in [1.82, 2.24) is 14.7 Å². The molecule has 3 aliphatic rings. The highest BCUT2D eigenvalue weighted by molar-refractivity contribution is 7.12. The van der Waals surface area contributed by atoms with Gasteiger partial charge in [0.15, 0.2) is 0 Å². The van der Waals surface area contributed by atoms with Crippen LogP contribution in [0, 0.1) is 5.92 Å². The largest absolute Gasteiger partial charge is 0.338 e. The van der Waals surface area contributed by atoms with E-state index in [1.54, 1.807) is 11.3 Å². The zero-order chi connectivity index (χ0) is 17.9. The number of rotatable bonds is 4. The van der Waals surface area contributed by atoms with Crippen LogP contribution >= 0.6 is 11.3 Å². The SMILES string of the molecule is C[C@@H](C1CCN(C2CCN(C(=O)c3cccs3)CC2)CC1)N1CCCC1. The molecule has 5 heteroatoms. The Balaban J connectivity index is 1.23. The highest BCUT2D eigenvalue weighted by Gasteiger charge is 2.33. The number of amides is 1. The van der Waals surface area contributed by atoms with E-state index in [0.717, 1.165) is 42.8 Å². The van der Waals surface area contributed by atoms with Crippen molar-refractivity contribution in [2.75, 3.05) is 39.3 Å². The van der Waals surface area contributed by atoms with Crippen molar-refractivity contribution in [2.45, 2.75) is 57.5 Å². The zero-order valence-corrected chi connectivity index (χ0v) is 16.9. The highest BCUT2D eigenvalue weighted by Crippen LogP contribution is 2.29. The average molecular weight is 376 g/mol. The van der Waals surface area contributed by atoms with Crippen LogP contribution in [0.3, 0.4) is 0 Å². The van der Waals surface area contributed by atoms with Gasteiger partial charge in [0.1, 0.15) is 0 Å². The third kappa shape index (κ3) is 4.00. The van der Waals surface area contributed by atoms with E-state index in [0.29, 0.717) is 6.04 Å². The van der Waals surface area contributed by atoms with Crippen LogP contribution in [0.5, 0.6) is 0 Å². The van der Waals surface area contributed by atoms with E-state index in [9.17, 15) is 4.79 Å². The predicted octanol–water partition coefficient (Wildman–Crippen LogP) is 3.55. The zero-order valence-electron chi connectivity index (χ0n) is 16.1. The maximum atomic E-state index is 12.5. The van der Waals surface area contributed by atoms with Crippen LogP contribution < -0.4 is 0 Å². The van der Waals surface area contributed by atoms with Crippen molar-refractivity contribution in [3.63, 3.8) is 0 Å². The first-order valence-electron chi connectivity index (χ1n) is 10.5. The molecule has 3 aliphatic heterocycles. The number of hydrogen-bond donors (Lipinski definition) is 0. The maximum absolute atomic E-state index is 12.5. The number of piperidine rings is 2. The van der Waals surface area contributed by atoms with Gasteiger partial charge in [0.2, 0.25) is 0 Å². The summed E-state index contributed by atoms with van der Waals surface area (Å²) in [7, 11) is 0. The number of likely N-dealkylation sites (tertiary alicyclic amines) is 3. The summed E-state index contributed by atoms with van der Waals surface area (Å²) in [5.74, 6) is 1.11. The summed E-state index contributed by atoms with van der Waals surface area (Å²) in [5.41, 5.74) is 0. The summed E-state index contributed by atoms with van der Waals surface area (Å²) in [6.07, 6.45) is 7.78. The van der Waals surface area contributed by atoms with Crippen molar-refractivity contribution in [2.24, 2.45) is 5.92 Å². The number of thiophene rings is 1. The molecule has 4 rings (SSSR count). The number of carbonyl (C=O) groups is 1. The minimum absolute atomic E-state index is 0.233. The van der Waals surface area contributed by atoms with E-state index in [2.05, 4.69) is 21.6 Å². The quantitative estimate of drug-likeness (QED) is 0.805. The fraction of sp³-hybridized carbons (Fsp3) is 0.762. The second-order valence-corrected chi connectivity index (χ2v) is 9.31. The van der Waals surface area contributed by atoms with Crippen LogP contribution in [0.1, 0.15) is 55.1 Å². The van der Waals surface area contributed by atoms with Gasteiger partial charge in [-0.3, -0.25) is 4.79 Å². The third-order valence-electron chi connectivity index (χ3n) is 6.97. The topological polar surface area (TPSA) is 26.8 Å². The van der Waals surface area contributed by atoms with Gasteiger partial charge in [-0.15, -0.1) is 11.3 Å². The van der Waals surface area contributed by atoms with Gasteiger partial charge in [-0.25, -0.2) is 0 Å². The van der Waals surface area contributed by atoms with Crippen LogP contribution in [0.25, 0.3) is 0 Å². The summed E-state index contributed by atoms with van der Waals surface area (Å²) >= 11 is 1.56. The number of carbonyl (C=O) groups excluding carboxylic acids is 1. The lowest BCUT2D eigenvalue weighted by Gasteiger charge is -2.43. The van der Waals surface area contributed by atoms with Crippen LogP contribution in [-0.2, 0) is 0 Å². The molecule has 0 spiro atoms. The van der Waals surface area contributed by atoms with Gasteiger partial charge >= 0.3 is 0 Å². The Morgan fingerprint density at radius 3 is 2.35 bits per heavy atom. The molecule has 144 valence electrons. The fourth-order valence-corrected chi connectivity index (χ4v) is 5.89. The maximum Gasteiger partial charge on any atom is 0.263 e. The Hall–Kier alpha value is -0.910. The van der Waals surface area contributed by atoms with Crippen LogP contribution in [0.2, 0.25) is 0 Å². The van der Waals surface area contributed by atoms with Gasteiger partial charge in [-0.2, -0.15) is 0 Å². The van der Waals surface area contributed by atoms with Gasteiger partial charge in [0.05, 0.1) is 4.88 Å². The second-order valence-electron chi connectivity index (χ2n) is 8.36. The van der Waals surface area contributed by atoms with E-state index in [-0.39, 0.29) is 5.91 Å². The van der Waals surface area contributed by atoms with Crippen molar-refractivity contribution >= 4 is 17.2 Å².